The molecular weight excluding hydrogens is 449 g/mol. The number of carbonyl (C=O) groups excluding carboxylic acids is 2. The van der Waals surface area contributed by atoms with Crippen LogP contribution in [0.25, 0.3) is 0 Å². The summed E-state index contributed by atoms with van der Waals surface area (Å²) >= 11 is 0. The molecule has 7 nitrogen and oxygen atoms in total. The topological polar surface area (TPSA) is 80.2 Å². The van der Waals surface area contributed by atoms with E-state index in [9.17, 15) is 9.59 Å². The highest BCUT2D eigenvalue weighted by Crippen LogP contribution is 2.18. The fourth-order valence-corrected chi connectivity index (χ4v) is 3.01. The number of methoxy groups -OCH3 is 1. The maximum absolute atomic E-state index is 11.6. The van der Waals surface area contributed by atoms with E-state index in [4.69, 9.17) is 9.47 Å². The van der Waals surface area contributed by atoms with Crippen molar-refractivity contribution in [3.05, 3.63) is 0 Å². The molecule has 26 heavy (non-hydrogen) atoms. The lowest BCUT2D eigenvalue weighted by Crippen LogP contribution is -2.46. The number of piperidine rings is 1. The van der Waals surface area contributed by atoms with Crippen LogP contribution in [0.3, 0.4) is 0 Å². The second-order valence-electron chi connectivity index (χ2n) is 6.23. The Kier molecular flexibility index (Phi) is 14.4. The third kappa shape index (κ3) is 9.59. The van der Waals surface area contributed by atoms with E-state index in [1.807, 2.05) is 6.92 Å². The maximum Gasteiger partial charge on any atom is 0.308 e. The van der Waals surface area contributed by atoms with Crippen LogP contribution in [0.4, 0.5) is 0 Å². The number of hydrogen-bond donors (Lipinski definition) is 1. The molecule has 8 heteroatoms. The third-order valence-corrected chi connectivity index (χ3v) is 4.44. The van der Waals surface area contributed by atoms with Gasteiger partial charge < -0.3 is 19.7 Å². The first kappa shape index (κ1) is 24.9. The number of esters is 2. The Morgan fingerprint density at radius 1 is 1.15 bits per heavy atom. The molecule has 0 saturated carbocycles. The largest absolute Gasteiger partial charge is 0.469 e. The molecule has 1 aliphatic heterocycles. The standard InChI is InChI=1S/C18H33N3O4.HI/c1-4-25-16(22)9-7-5-6-8-12-20-18(19-2)21-13-10-15(11-14-21)17(23)24-3;/h15H,4-14H2,1-3H3,(H,19,20);1H. The van der Waals surface area contributed by atoms with Gasteiger partial charge in [-0.1, -0.05) is 12.8 Å². The predicted octanol–water partition coefficient (Wildman–Crippen LogP) is 2.58. The fourth-order valence-electron chi connectivity index (χ4n) is 3.01. The van der Waals surface area contributed by atoms with Gasteiger partial charge in [0.05, 0.1) is 19.6 Å². The van der Waals surface area contributed by atoms with Gasteiger partial charge in [-0.15, -0.1) is 24.0 Å². The first-order valence-electron chi connectivity index (χ1n) is 9.31. The number of nitrogens with one attached hydrogen (secondary N) is 1. The van der Waals surface area contributed by atoms with Gasteiger partial charge in [-0.25, -0.2) is 0 Å². The van der Waals surface area contributed by atoms with Crippen LogP contribution in [0, 0.1) is 5.92 Å². The number of carbonyl (C=O) groups is 2. The Morgan fingerprint density at radius 2 is 1.81 bits per heavy atom. The number of guanidine groups is 1. The first-order valence-corrected chi connectivity index (χ1v) is 9.31. The minimum Gasteiger partial charge on any atom is -0.469 e. The Bertz CT molecular complexity index is 438. The smallest absolute Gasteiger partial charge is 0.308 e. The molecule has 0 aromatic rings. The molecule has 0 aromatic carbocycles. The van der Waals surface area contributed by atoms with E-state index >= 15 is 0 Å². The fraction of sp³-hybridized carbons (Fsp3) is 0.833. The van der Waals surface area contributed by atoms with Crippen molar-refractivity contribution >= 4 is 41.9 Å². The van der Waals surface area contributed by atoms with Gasteiger partial charge in [-0.2, -0.15) is 0 Å². The van der Waals surface area contributed by atoms with Crippen molar-refractivity contribution < 1.29 is 19.1 Å². The van der Waals surface area contributed by atoms with Crippen LogP contribution in [0.2, 0.25) is 0 Å². The van der Waals surface area contributed by atoms with Gasteiger partial charge >= 0.3 is 11.9 Å². The number of likely N-dealkylation sites (tertiary alicyclic amines) is 1. The zero-order chi connectivity index (χ0) is 18.5. The lowest BCUT2D eigenvalue weighted by atomic mass is 9.97. The number of halogens is 1. The van der Waals surface area contributed by atoms with Crippen LogP contribution >= 0.6 is 24.0 Å². The van der Waals surface area contributed by atoms with Crippen molar-refractivity contribution in [1.29, 1.82) is 0 Å². The summed E-state index contributed by atoms with van der Waals surface area (Å²) in [5, 5.41) is 3.39. The van der Waals surface area contributed by atoms with E-state index < -0.39 is 0 Å². The van der Waals surface area contributed by atoms with E-state index in [1.54, 1.807) is 7.05 Å². The Morgan fingerprint density at radius 3 is 2.38 bits per heavy atom. The van der Waals surface area contributed by atoms with Crippen LogP contribution in [0.15, 0.2) is 4.99 Å². The van der Waals surface area contributed by atoms with E-state index in [2.05, 4.69) is 15.2 Å². The van der Waals surface area contributed by atoms with E-state index in [1.165, 1.54) is 7.11 Å². The summed E-state index contributed by atoms with van der Waals surface area (Å²) in [5.41, 5.74) is 0. The van der Waals surface area contributed by atoms with Gasteiger partial charge in [-0.05, 0) is 32.6 Å². The van der Waals surface area contributed by atoms with Crippen LogP contribution in [-0.4, -0.2) is 63.2 Å². The number of aliphatic imine (C=N–C) groups is 1. The molecule has 1 saturated heterocycles. The zero-order valence-corrected chi connectivity index (χ0v) is 18.6. The summed E-state index contributed by atoms with van der Waals surface area (Å²) in [7, 11) is 3.23. The van der Waals surface area contributed by atoms with Crippen molar-refractivity contribution in [2.45, 2.75) is 51.9 Å². The van der Waals surface area contributed by atoms with Crippen molar-refractivity contribution in [2.24, 2.45) is 10.9 Å². The summed E-state index contributed by atoms with van der Waals surface area (Å²) in [4.78, 5) is 29.3. The monoisotopic (exact) mass is 483 g/mol. The van der Waals surface area contributed by atoms with Gasteiger partial charge in [-0.3, -0.25) is 14.6 Å². The molecule has 0 aromatic heterocycles. The molecule has 1 N–H and O–H groups in total. The molecule has 1 heterocycles. The van der Waals surface area contributed by atoms with Crippen LogP contribution in [0.1, 0.15) is 51.9 Å². The number of ether oxygens (including phenoxy) is 2. The summed E-state index contributed by atoms with van der Waals surface area (Å²) < 4.78 is 9.73. The molecule has 0 bridgehead atoms. The van der Waals surface area contributed by atoms with Crippen LogP contribution in [0.5, 0.6) is 0 Å². The average molecular weight is 483 g/mol. The third-order valence-electron chi connectivity index (χ3n) is 4.44. The summed E-state index contributed by atoms with van der Waals surface area (Å²) in [6, 6.07) is 0. The van der Waals surface area contributed by atoms with E-state index in [-0.39, 0.29) is 41.8 Å². The average Bonchev–Trinajstić information content (AvgIpc) is 2.64. The minimum absolute atomic E-state index is 0. The molecule has 152 valence electrons. The van der Waals surface area contributed by atoms with Gasteiger partial charge in [0, 0.05) is 33.1 Å². The van der Waals surface area contributed by atoms with Gasteiger partial charge in [0.2, 0.25) is 0 Å². The highest BCUT2D eigenvalue weighted by Gasteiger charge is 2.26. The van der Waals surface area contributed by atoms with Crippen molar-refractivity contribution in [3.63, 3.8) is 0 Å². The normalized spacial score (nSPS) is 15.2. The van der Waals surface area contributed by atoms with Gasteiger partial charge in [0.15, 0.2) is 5.96 Å². The van der Waals surface area contributed by atoms with E-state index in [0.717, 1.165) is 64.1 Å². The molecule has 0 amide bonds. The SMILES string of the molecule is CCOC(=O)CCCCCCNC(=NC)N1CCC(C(=O)OC)CC1.I. The molecule has 1 fully saturated rings. The molecule has 0 radical (unpaired) electrons. The Hall–Kier alpha value is -1.06. The van der Waals surface area contributed by atoms with Crippen LogP contribution < -0.4 is 5.32 Å². The summed E-state index contributed by atoms with van der Waals surface area (Å²) in [5.74, 6) is 0.704. The van der Waals surface area contributed by atoms with E-state index in [0.29, 0.717) is 13.0 Å². The highest BCUT2D eigenvalue weighted by atomic mass is 127. The lowest BCUT2D eigenvalue weighted by molar-refractivity contribution is -0.146. The van der Waals surface area contributed by atoms with Crippen molar-refractivity contribution in [1.82, 2.24) is 10.2 Å². The second kappa shape index (κ2) is 15.0. The molecule has 0 atom stereocenters. The summed E-state index contributed by atoms with van der Waals surface area (Å²) in [6.45, 7) is 4.79. The highest BCUT2D eigenvalue weighted by molar-refractivity contribution is 14.0. The molecule has 1 aliphatic rings. The number of unbranched alkanes of at least 4 members (excludes halogenated alkanes) is 3. The molecule has 0 spiro atoms. The van der Waals surface area contributed by atoms with Gasteiger partial charge in [0.1, 0.15) is 0 Å². The van der Waals surface area contributed by atoms with Crippen molar-refractivity contribution in [2.75, 3.05) is 40.4 Å². The number of nitrogens with zero attached hydrogens (tertiary/aromatic N) is 2. The number of hydrogen-bond acceptors (Lipinski definition) is 5. The maximum atomic E-state index is 11.6. The second-order valence-corrected chi connectivity index (χ2v) is 6.23. The minimum atomic E-state index is -0.106. The molecular formula is C18H34IN3O4. The van der Waals surface area contributed by atoms with Crippen LogP contribution in [-0.2, 0) is 19.1 Å². The lowest BCUT2D eigenvalue weighted by Gasteiger charge is -2.33. The molecule has 1 rings (SSSR count). The molecule has 0 unspecified atom stereocenters. The first-order chi connectivity index (χ1) is 12.1. The van der Waals surface area contributed by atoms with Gasteiger partial charge in [0.25, 0.3) is 0 Å². The Balaban J connectivity index is 0.00000625. The van der Waals surface area contributed by atoms with Crippen molar-refractivity contribution in [3.8, 4) is 0 Å². The Labute approximate surface area is 174 Å². The number of rotatable bonds is 9. The quantitative estimate of drug-likeness (QED) is 0.179. The predicted molar refractivity (Wildman–Crippen MR) is 113 cm³/mol. The molecule has 0 aliphatic carbocycles. The summed E-state index contributed by atoms with van der Waals surface area (Å²) in [6.07, 6.45) is 6.16. The zero-order valence-electron chi connectivity index (χ0n) is 16.3.